The van der Waals surface area contributed by atoms with Gasteiger partial charge in [0.25, 0.3) is 11.1 Å². The van der Waals surface area contributed by atoms with Gasteiger partial charge in [-0.25, -0.2) is 4.79 Å². The van der Waals surface area contributed by atoms with Crippen molar-refractivity contribution in [2.45, 2.75) is 13.0 Å². The zero-order valence-electron chi connectivity index (χ0n) is 17.5. The van der Waals surface area contributed by atoms with Crippen molar-refractivity contribution in [1.82, 2.24) is 4.90 Å². The molecule has 1 heterocycles. The number of rotatable bonds is 8. The summed E-state index contributed by atoms with van der Waals surface area (Å²) in [5.41, 5.74) is 0.878. The lowest BCUT2D eigenvalue weighted by Crippen LogP contribution is -2.36. The van der Waals surface area contributed by atoms with Crippen molar-refractivity contribution >= 4 is 62.5 Å². The molecule has 1 saturated heterocycles. The summed E-state index contributed by atoms with van der Waals surface area (Å²) in [7, 11) is 1.40. The van der Waals surface area contributed by atoms with E-state index in [1.54, 1.807) is 42.5 Å². The fourth-order valence-electron chi connectivity index (χ4n) is 2.82. The molecule has 0 saturated carbocycles. The lowest BCUT2D eigenvalue weighted by molar-refractivity contribution is -0.144. The van der Waals surface area contributed by atoms with Crippen LogP contribution in [0.5, 0.6) is 11.5 Å². The molecular weight excluding hydrogens is 516 g/mol. The van der Waals surface area contributed by atoms with Gasteiger partial charge in [0.15, 0.2) is 17.6 Å². The number of hydrogen-bond acceptors (Lipinski definition) is 7. The van der Waals surface area contributed by atoms with Crippen LogP contribution in [-0.4, -0.2) is 52.8 Å². The van der Waals surface area contributed by atoms with E-state index in [9.17, 15) is 19.2 Å². The van der Waals surface area contributed by atoms with Crippen LogP contribution in [0, 0.1) is 0 Å². The van der Waals surface area contributed by atoms with Gasteiger partial charge in [-0.15, -0.1) is 0 Å². The average molecular weight is 535 g/mol. The quantitative estimate of drug-likeness (QED) is 0.487. The van der Waals surface area contributed by atoms with Gasteiger partial charge in [-0.3, -0.25) is 19.3 Å². The van der Waals surface area contributed by atoms with E-state index in [1.807, 2.05) is 0 Å². The number of carboxylic acid groups (broad SMARTS) is 1. The largest absolute Gasteiger partial charge is 0.493 e. The van der Waals surface area contributed by atoms with Gasteiger partial charge in [-0.1, -0.05) is 28.1 Å². The van der Waals surface area contributed by atoms with E-state index >= 15 is 0 Å². The molecule has 3 rings (SSSR count). The molecule has 3 amide bonds. The Hall–Kier alpha value is -3.31. The molecule has 33 heavy (non-hydrogen) atoms. The summed E-state index contributed by atoms with van der Waals surface area (Å²) in [4.78, 5) is 49.7. The molecule has 1 aliphatic rings. The van der Waals surface area contributed by atoms with Gasteiger partial charge in [0.05, 0.1) is 12.0 Å². The lowest BCUT2D eigenvalue weighted by Gasteiger charge is -2.16. The van der Waals surface area contributed by atoms with E-state index in [4.69, 9.17) is 14.6 Å². The zero-order valence-corrected chi connectivity index (χ0v) is 19.9. The molecule has 11 heteroatoms. The van der Waals surface area contributed by atoms with Crippen LogP contribution in [-0.2, 0) is 14.4 Å². The predicted octanol–water partition coefficient (Wildman–Crippen LogP) is 3.98. The van der Waals surface area contributed by atoms with Crippen LogP contribution in [0.1, 0.15) is 12.5 Å². The predicted molar refractivity (Wildman–Crippen MR) is 126 cm³/mol. The third kappa shape index (κ3) is 5.93. The topological polar surface area (TPSA) is 122 Å². The van der Waals surface area contributed by atoms with Crippen molar-refractivity contribution in [2.75, 3.05) is 19.0 Å². The molecule has 0 aromatic heterocycles. The summed E-state index contributed by atoms with van der Waals surface area (Å²) in [6.07, 6.45) is 0.232. The summed E-state index contributed by atoms with van der Waals surface area (Å²) in [5.74, 6) is -1.96. The molecule has 1 aliphatic heterocycles. The monoisotopic (exact) mass is 534 g/mol. The van der Waals surface area contributed by atoms with Crippen molar-refractivity contribution in [2.24, 2.45) is 0 Å². The zero-order chi connectivity index (χ0) is 24.1. The Labute approximate surface area is 201 Å². The lowest BCUT2D eigenvalue weighted by atomic mass is 10.1. The standard InChI is InChI=1S/C22H19BrN2O7S/c1-12(21(28)29)32-19-13(4-3-5-16(19)31-2)10-17-20(27)25(22(30)33-17)11-18(26)24-15-8-6-14(23)7-9-15/h3-10,12H,11H2,1-2H3,(H,24,26)(H,28,29)/b17-10-/t12-/m1/s1. The first-order chi connectivity index (χ1) is 15.7. The Kier molecular flexibility index (Phi) is 7.77. The van der Waals surface area contributed by atoms with Crippen molar-refractivity contribution in [3.05, 3.63) is 57.4 Å². The van der Waals surface area contributed by atoms with Crippen LogP contribution in [0.2, 0.25) is 0 Å². The third-order valence-corrected chi connectivity index (χ3v) is 5.90. The van der Waals surface area contributed by atoms with Gasteiger partial charge >= 0.3 is 5.97 Å². The Morgan fingerprint density at radius 3 is 2.55 bits per heavy atom. The number of anilines is 1. The van der Waals surface area contributed by atoms with Gasteiger partial charge in [-0.05, 0) is 55.1 Å². The minimum atomic E-state index is -1.18. The summed E-state index contributed by atoms with van der Waals surface area (Å²) >= 11 is 3.97. The number of halogens is 1. The Balaban J connectivity index is 1.80. The van der Waals surface area contributed by atoms with Crippen LogP contribution >= 0.6 is 27.7 Å². The minimum absolute atomic E-state index is 0.0672. The molecule has 0 spiro atoms. The van der Waals surface area contributed by atoms with E-state index in [-0.39, 0.29) is 16.4 Å². The maximum atomic E-state index is 12.8. The molecule has 0 radical (unpaired) electrons. The first kappa shape index (κ1) is 24.3. The Morgan fingerprint density at radius 2 is 1.91 bits per heavy atom. The first-order valence-corrected chi connectivity index (χ1v) is 11.2. The number of carbonyl (C=O) groups excluding carboxylic acids is 3. The molecule has 1 atom stereocenters. The Bertz CT molecular complexity index is 1130. The highest BCUT2D eigenvalue weighted by atomic mass is 79.9. The van der Waals surface area contributed by atoms with Crippen LogP contribution in [0.25, 0.3) is 6.08 Å². The fourth-order valence-corrected chi connectivity index (χ4v) is 3.91. The molecule has 172 valence electrons. The van der Waals surface area contributed by atoms with Crippen molar-refractivity contribution in [1.29, 1.82) is 0 Å². The number of carbonyl (C=O) groups is 4. The molecule has 1 fully saturated rings. The van der Waals surface area contributed by atoms with E-state index < -0.39 is 35.7 Å². The second-order valence-electron chi connectivity index (χ2n) is 6.80. The Morgan fingerprint density at radius 1 is 1.21 bits per heavy atom. The number of nitrogens with one attached hydrogen (secondary N) is 1. The van der Waals surface area contributed by atoms with Gasteiger partial charge < -0.3 is 19.9 Å². The van der Waals surface area contributed by atoms with E-state index in [0.29, 0.717) is 23.0 Å². The highest BCUT2D eigenvalue weighted by molar-refractivity contribution is 9.10. The first-order valence-electron chi connectivity index (χ1n) is 9.57. The van der Waals surface area contributed by atoms with Crippen molar-refractivity contribution < 1.29 is 33.8 Å². The highest BCUT2D eigenvalue weighted by Gasteiger charge is 2.36. The van der Waals surface area contributed by atoms with Crippen LogP contribution in [0.15, 0.2) is 51.8 Å². The molecule has 2 aromatic carbocycles. The number of imide groups is 1. The minimum Gasteiger partial charge on any atom is -0.493 e. The summed E-state index contributed by atoms with van der Waals surface area (Å²) in [6, 6.07) is 11.7. The number of ether oxygens (including phenoxy) is 2. The molecule has 0 unspecified atom stereocenters. The maximum absolute atomic E-state index is 12.8. The number of nitrogens with zero attached hydrogens (tertiary/aromatic N) is 1. The average Bonchev–Trinajstić information content (AvgIpc) is 3.03. The SMILES string of the molecule is COc1cccc(/C=C2\SC(=O)N(CC(=O)Nc3ccc(Br)cc3)C2=O)c1O[C@H](C)C(=O)O. The number of thioether (sulfide) groups is 1. The summed E-state index contributed by atoms with van der Waals surface area (Å²) < 4.78 is 11.6. The molecule has 0 bridgehead atoms. The maximum Gasteiger partial charge on any atom is 0.344 e. The number of methoxy groups -OCH3 is 1. The number of para-hydroxylation sites is 1. The fraction of sp³-hybridized carbons (Fsp3) is 0.182. The second-order valence-corrected chi connectivity index (χ2v) is 8.71. The number of amides is 3. The molecular formula is C22H19BrN2O7S. The van der Waals surface area contributed by atoms with E-state index in [0.717, 1.165) is 9.37 Å². The molecule has 2 N–H and O–H groups in total. The molecule has 2 aromatic rings. The summed E-state index contributed by atoms with van der Waals surface area (Å²) in [6.45, 7) is 0.909. The van der Waals surface area contributed by atoms with E-state index in [2.05, 4.69) is 21.2 Å². The number of hydrogen-bond donors (Lipinski definition) is 2. The van der Waals surface area contributed by atoms with Gasteiger partial charge in [0.2, 0.25) is 5.91 Å². The van der Waals surface area contributed by atoms with Gasteiger partial charge in [0.1, 0.15) is 6.54 Å². The van der Waals surface area contributed by atoms with Crippen molar-refractivity contribution in [3.8, 4) is 11.5 Å². The number of aliphatic carboxylic acids is 1. The van der Waals surface area contributed by atoms with Crippen LogP contribution in [0.3, 0.4) is 0 Å². The van der Waals surface area contributed by atoms with Gasteiger partial charge in [0, 0.05) is 15.7 Å². The molecule has 9 nitrogen and oxygen atoms in total. The van der Waals surface area contributed by atoms with Crippen LogP contribution < -0.4 is 14.8 Å². The highest BCUT2D eigenvalue weighted by Crippen LogP contribution is 2.37. The normalized spacial score (nSPS) is 15.5. The van der Waals surface area contributed by atoms with Crippen molar-refractivity contribution in [3.63, 3.8) is 0 Å². The third-order valence-electron chi connectivity index (χ3n) is 4.46. The van der Waals surface area contributed by atoms with Gasteiger partial charge in [-0.2, -0.15) is 0 Å². The second kappa shape index (κ2) is 10.5. The number of benzene rings is 2. The van der Waals surface area contributed by atoms with E-state index in [1.165, 1.54) is 20.1 Å². The smallest absolute Gasteiger partial charge is 0.344 e. The molecule has 0 aliphatic carbocycles. The number of carboxylic acids is 1. The van der Waals surface area contributed by atoms with Crippen LogP contribution in [0.4, 0.5) is 10.5 Å². The summed E-state index contributed by atoms with van der Waals surface area (Å²) in [5, 5.41) is 11.2.